The molecule has 0 bridgehead atoms. The first kappa shape index (κ1) is 36.3. The van der Waals surface area contributed by atoms with Crippen LogP contribution in [0, 0.1) is 5.41 Å². The number of hydrogen-bond donors (Lipinski definition) is 2. The van der Waals surface area contributed by atoms with Crippen molar-refractivity contribution in [3.63, 3.8) is 0 Å². The van der Waals surface area contributed by atoms with Crippen LogP contribution in [0.1, 0.15) is 129 Å². The second-order valence-electron chi connectivity index (χ2n) is 11.2. The SMILES string of the molecule is CCCCCCCCCCCCCCCCCCCC(=O)OCC1(CO)COC(=O)CC(S(=O)(=O)O)C(=O)OC1. The van der Waals surface area contributed by atoms with Crippen molar-refractivity contribution in [2.75, 3.05) is 26.4 Å². The van der Waals surface area contributed by atoms with Gasteiger partial charge in [-0.05, 0) is 6.42 Å². The zero-order chi connectivity index (χ0) is 29.7. The molecule has 1 aliphatic heterocycles. The van der Waals surface area contributed by atoms with E-state index in [9.17, 15) is 32.5 Å². The standard InChI is InChI=1S/C29H52O10S/c1-2-3-4-5-6-7-8-9-10-11-12-13-14-15-16-17-18-19-26(31)37-22-29(21-30)23-38-27(32)20-25(40(34,35)36)28(33)39-24-29/h25,30H,2-24H2,1H3,(H,34,35,36). The fourth-order valence-electron chi connectivity index (χ4n) is 4.63. The highest BCUT2D eigenvalue weighted by Crippen LogP contribution is 2.23. The van der Waals surface area contributed by atoms with Gasteiger partial charge in [0.25, 0.3) is 10.1 Å². The zero-order valence-electron chi connectivity index (χ0n) is 24.4. The quantitative estimate of drug-likeness (QED) is 0.0733. The van der Waals surface area contributed by atoms with Gasteiger partial charge in [0.15, 0.2) is 5.25 Å². The Morgan fingerprint density at radius 1 is 0.825 bits per heavy atom. The van der Waals surface area contributed by atoms with Crippen molar-refractivity contribution in [2.24, 2.45) is 5.41 Å². The molecule has 0 aromatic heterocycles. The molecular formula is C29H52O10S. The van der Waals surface area contributed by atoms with Gasteiger partial charge in [0.2, 0.25) is 0 Å². The lowest BCUT2D eigenvalue weighted by molar-refractivity contribution is -0.161. The number of aliphatic hydroxyl groups excluding tert-OH is 1. The Morgan fingerprint density at radius 3 is 1.73 bits per heavy atom. The molecule has 0 aromatic rings. The van der Waals surface area contributed by atoms with Crippen LogP contribution >= 0.6 is 0 Å². The summed E-state index contributed by atoms with van der Waals surface area (Å²) >= 11 is 0. The Morgan fingerprint density at radius 2 is 1.27 bits per heavy atom. The van der Waals surface area contributed by atoms with E-state index in [4.69, 9.17) is 14.2 Å². The number of carbonyl (C=O) groups is 3. The maximum atomic E-state index is 12.2. The molecule has 0 spiro atoms. The van der Waals surface area contributed by atoms with Gasteiger partial charge in [0.05, 0.1) is 18.4 Å². The predicted molar refractivity (Wildman–Crippen MR) is 151 cm³/mol. The van der Waals surface area contributed by atoms with E-state index in [1.165, 1.54) is 83.5 Å². The minimum absolute atomic E-state index is 0.199. The molecule has 0 radical (unpaired) electrons. The highest BCUT2D eigenvalue weighted by Gasteiger charge is 2.42. The summed E-state index contributed by atoms with van der Waals surface area (Å²) in [5.74, 6) is -2.88. The Bertz CT molecular complexity index is 829. The van der Waals surface area contributed by atoms with E-state index in [1.807, 2.05) is 0 Å². The molecular weight excluding hydrogens is 540 g/mol. The molecule has 0 saturated carbocycles. The minimum atomic E-state index is -4.89. The lowest BCUT2D eigenvalue weighted by Gasteiger charge is -2.29. The smallest absolute Gasteiger partial charge is 0.327 e. The minimum Gasteiger partial charge on any atom is -0.465 e. The Balaban J connectivity index is 2.13. The van der Waals surface area contributed by atoms with Crippen LogP contribution in [0.5, 0.6) is 0 Å². The van der Waals surface area contributed by atoms with Gasteiger partial charge in [-0.2, -0.15) is 8.42 Å². The van der Waals surface area contributed by atoms with E-state index in [1.54, 1.807) is 0 Å². The second-order valence-corrected chi connectivity index (χ2v) is 12.8. The lowest BCUT2D eigenvalue weighted by Crippen LogP contribution is -2.42. The summed E-state index contributed by atoms with van der Waals surface area (Å²) in [6.07, 6.45) is 20.4. The first-order valence-electron chi connectivity index (χ1n) is 15.2. The van der Waals surface area contributed by atoms with Gasteiger partial charge in [0, 0.05) is 6.42 Å². The molecule has 40 heavy (non-hydrogen) atoms. The Hall–Kier alpha value is -1.72. The molecule has 234 valence electrons. The first-order valence-corrected chi connectivity index (χ1v) is 16.7. The highest BCUT2D eigenvalue weighted by atomic mass is 32.2. The molecule has 2 atom stereocenters. The molecule has 1 rings (SSSR count). The Labute approximate surface area is 240 Å². The number of ether oxygens (including phenoxy) is 3. The zero-order valence-corrected chi connectivity index (χ0v) is 25.2. The molecule has 0 aromatic carbocycles. The number of unbranched alkanes of at least 4 members (excludes halogenated alkanes) is 16. The number of esters is 3. The second kappa shape index (κ2) is 21.1. The molecule has 10 nitrogen and oxygen atoms in total. The highest BCUT2D eigenvalue weighted by molar-refractivity contribution is 7.87. The Kier molecular flexibility index (Phi) is 19.1. The lowest BCUT2D eigenvalue weighted by atomic mass is 9.92. The topological polar surface area (TPSA) is 154 Å². The van der Waals surface area contributed by atoms with Crippen LogP contribution in [0.3, 0.4) is 0 Å². The average molecular weight is 593 g/mol. The van der Waals surface area contributed by atoms with Crippen LogP contribution in [0.15, 0.2) is 0 Å². The first-order chi connectivity index (χ1) is 19.1. The van der Waals surface area contributed by atoms with Crippen molar-refractivity contribution in [1.29, 1.82) is 0 Å². The third-order valence-corrected chi connectivity index (χ3v) is 8.47. The van der Waals surface area contributed by atoms with E-state index in [0.717, 1.165) is 19.3 Å². The molecule has 2 unspecified atom stereocenters. The van der Waals surface area contributed by atoms with Crippen LogP contribution in [-0.4, -0.2) is 67.7 Å². The average Bonchev–Trinajstić information content (AvgIpc) is 2.98. The maximum Gasteiger partial charge on any atom is 0.327 e. The van der Waals surface area contributed by atoms with Crippen LogP contribution < -0.4 is 0 Å². The van der Waals surface area contributed by atoms with Crippen molar-refractivity contribution in [1.82, 2.24) is 0 Å². The van der Waals surface area contributed by atoms with Crippen molar-refractivity contribution in [3.8, 4) is 0 Å². The molecule has 11 heteroatoms. The van der Waals surface area contributed by atoms with E-state index in [0.29, 0.717) is 6.42 Å². The summed E-state index contributed by atoms with van der Waals surface area (Å²) in [7, 11) is -4.89. The summed E-state index contributed by atoms with van der Waals surface area (Å²) in [6.45, 7) is 0.240. The maximum absolute atomic E-state index is 12.2. The van der Waals surface area contributed by atoms with Crippen molar-refractivity contribution in [3.05, 3.63) is 0 Å². The number of cyclic esters (lactones) is 2. The van der Waals surface area contributed by atoms with Crippen LogP contribution in [0.25, 0.3) is 0 Å². The monoisotopic (exact) mass is 592 g/mol. The third-order valence-electron chi connectivity index (χ3n) is 7.39. The molecule has 1 heterocycles. The van der Waals surface area contributed by atoms with Gasteiger partial charge < -0.3 is 19.3 Å². The van der Waals surface area contributed by atoms with Crippen LogP contribution in [0.4, 0.5) is 0 Å². The van der Waals surface area contributed by atoms with Gasteiger partial charge in [-0.1, -0.05) is 110 Å². The van der Waals surface area contributed by atoms with Gasteiger partial charge in [-0.3, -0.25) is 18.9 Å². The predicted octanol–water partition coefficient (Wildman–Crippen LogP) is 5.30. The summed E-state index contributed by atoms with van der Waals surface area (Å²) in [4.78, 5) is 36.2. The third kappa shape index (κ3) is 16.5. The van der Waals surface area contributed by atoms with Gasteiger partial charge in [-0.25, -0.2) is 0 Å². The number of carbonyl (C=O) groups excluding carboxylic acids is 3. The van der Waals surface area contributed by atoms with E-state index < -0.39 is 64.9 Å². The summed E-state index contributed by atoms with van der Waals surface area (Å²) in [5, 5.41) is 7.74. The van der Waals surface area contributed by atoms with Gasteiger partial charge >= 0.3 is 17.9 Å². The van der Waals surface area contributed by atoms with Crippen molar-refractivity contribution >= 4 is 28.0 Å². The largest absolute Gasteiger partial charge is 0.465 e. The molecule has 0 aliphatic carbocycles. The molecule has 0 amide bonds. The van der Waals surface area contributed by atoms with E-state index in [2.05, 4.69) is 6.92 Å². The van der Waals surface area contributed by atoms with Crippen molar-refractivity contribution in [2.45, 2.75) is 134 Å². The fraction of sp³-hybridized carbons (Fsp3) is 0.897. The fourth-order valence-corrected chi connectivity index (χ4v) is 5.29. The molecule has 2 N–H and O–H groups in total. The summed E-state index contributed by atoms with van der Waals surface area (Å²) in [5.41, 5.74) is -1.43. The summed E-state index contributed by atoms with van der Waals surface area (Å²) < 4.78 is 47.1. The van der Waals surface area contributed by atoms with E-state index in [-0.39, 0.29) is 13.0 Å². The number of hydrogen-bond acceptors (Lipinski definition) is 9. The summed E-state index contributed by atoms with van der Waals surface area (Å²) in [6, 6.07) is 0. The van der Waals surface area contributed by atoms with Crippen LogP contribution in [-0.2, 0) is 38.7 Å². The van der Waals surface area contributed by atoms with Gasteiger partial charge in [0.1, 0.15) is 19.8 Å². The van der Waals surface area contributed by atoms with E-state index >= 15 is 0 Å². The van der Waals surface area contributed by atoms with Crippen LogP contribution in [0.2, 0.25) is 0 Å². The molecule has 1 fully saturated rings. The molecule has 1 saturated heterocycles. The molecule has 1 aliphatic rings. The normalized spacial score (nSPS) is 20.2. The van der Waals surface area contributed by atoms with Gasteiger partial charge in [-0.15, -0.1) is 0 Å². The van der Waals surface area contributed by atoms with Crippen molar-refractivity contribution < 1.29 is 46.7 Å². The number of aliphatic hydroxyl groups is 1. The number of rotatable bonds is 22.